The number of nitrogens with one attached hydrogen (secondary N) is 1. The van der Waals surface area contributed by atoms with Gasteiger partial charge in [0.25, 0.3) is 5.91 Å². The second-order valence-electron chi connectivity index (χ2n) is 5.77. The molecule has 0 atom stereocenters. The minimum Gasteiger partial charge on any atom is -0.341 e. The van der Waals surface area contributed by atoms with Crippen molar-refractivity contribution in [1.29, 1.82) is 0 Å². The van der Waals surface area contributed by atoms with Gasteiger partial charge in [-0.2, -0.15) is 0 Å². The van der Waals surface area contributed by atoms with Gasteiger partial charge in [0.05, 0.1) is 21.8 Å². The largest absolute Gasteiger partial charge is 0.341 e. The Labute approximate surface area is 147 Å². The van der Waals surface area contributed by atoms with Gasteiger partial charge in [0.15, 0.2) is 0 Å². The van der Waals surface area contributed by atoms with Gasteiger partial charge in [0.2, 0.25) is 0 Å². The molecule has 0 fully saturated rings. The number of benzene rings is 1. The summed E-state index contributed by atoms with van der Waals surface area (Å²) in [4.78, 5) is 18.0. The maximum Gasteiger partial charge on any atom is 0.253 e. The van der Waals surface area contributed by atoms with E-state index in [1.54, 1.807) is 35.7 Å². The molecule has 0 saturated heterocycles. The summed E-state index contributed by atoms with van der Waals surface area (Å²) in [7, 11) is 0. The lowest BCUT2D eigenvalue weighted by Gasteiger charge is -2.24. The van der Waals surface area contributed by atoms with Crippen molar-refractivity contribution >= 4 is 28.8 Å². The Kier molecular flexibility index (Phi) is 4.33. The lowest BCUT2D eigenvalue weighted by atomic mass is 10.1. The number of halogens is 1. The molecule has 3 rings (SSSR count). The number of rotatable bonds is 4. The van der Waals surface area contributed by atoms with Crippen LogP contribution in [0.1, 0.15) is 34.1 Å². The van der Waals surface area contributed by atoms with Gasteiger partial charge in [-0.15, -0.1) is 16.4 Å². The molecule has 0 radical (unpaired) electrons. The fraction of sp³-hybridized carbons (Fsp3) is 0.267. The first kappa shape index (κ1) is 16.5. The summed E-state index contributed by atoms with van der Waals surface area (Å²) in [5, 5.41) is 15.1. The normalized spacial score (nSPS) is 11.5. The summed E-state index contributed by atoms with van der Waals surface area (Å²) in [6.07, 6.45) is 3.25. The number of hydrogen-bond donors (Lipinski definition) is 1. The van der Waals surface area contributed by atoms with Crippen LogP contribution >= 0.6 is 22.9 Å². The molecule has 1 aromatic carbocycles. The Hall–Kier alpha value is -2.32. The van der Waals surface area contributed by atoms with Gasteiger partial charge in [0.1, 0.15) is 11.3 Å². The van der Waals surface area contributed by atoms with Gasteiger partial charge in [-0.05, 0) is 49.4 Å². The van der Waals surface area contributed by atoms with Gasteiger partial charge < -0.3 is 5.32 Å². The lowest BCUT2D eigenvalue weighted by Crippen LogP contribution is -2.41. The third-order valence-corrected chi connectivity index (χ3v) is 4.94. The molecule has 0 bridgehead atoms. The third-order valence-electron chi connectivity index (χ3n) is 3.39. The molecule has 1 N–H and O–H groups in total. The van der Waals surface area contributed by atoms with Crippen LogP contribution in [0.25, 0.3) is 5.69 Å². The maximum absolute atomic E-state index is 12.6. The summed E-state index contributed by atoms with van der Waals surface area (Å²) >= 11 is 7.82. The number of aryl methyl sites for hydroxylation is 1. The Morgan fingerprint density at radius 2 is 2.17 bits per heavy atom. The molecule has 0 aliphatic rings. The summed E-state index contributed by atoms with van der Waals surface area (Å²) in [6.45, 7) is 5.80. The van der Waals surface area contributed by atoms with Gasteiger partial charge in [-0.3, -0.25) is 4.79 Å². The van der Waals surface area contributed by atoms with Crippen molar-refractivity contribution in [3.05, 3.63) is 51.2 Å². The minimum atomic E-state index is -0.589. The molecule has 0 unspecified atom stereocenters. The van der Waals surface area contributed by atoms with Gasteiger partial charge >= 0.3 is 0 Å². The van der Waals surface area contributed by atoms with Crippen molar-refractivity contribution in [2.45, 2.75) is 26.3 Å². The van der Waals surface area contributed by atoms with E-state index in [9.17, 15) is 4.79 Å². The lowest BCUT2D eigenvalue weighted by molar-refractivity contribution is 0.0912. The molecule has 0 saturated carbocycles. The Morgan fingerprint density at radius 1 is 1.38 bits per heavy atom. The topological polar surface area (TPSA) is 85.6 Å². The van der Waals surface area contributed by atoms with E-state index in [2.05, 4.69) is 25.8 Å². The first-order valence-electron chi connectivity index (χ1n) is 7.15. The number of carbonyl (C=O) groups is 1. The number of hydrogen-bond acceptors (Lipinski definition) is 6. The average molecular weight is 363 g/mol. The van der Waals surface area contributed by atoms with E-state index in [4.69, 9.17) is 11.6 Å². The van der Waals surface area contributed by atoms with Crippen LogP contribution in [0.2, 0.25) is 5.02 Å². The molecule has 0 aliphatic heterocycles. The average Bonchev–Trinajstić information content (AvgIpc) is 3.17. The van der Waals surface area contributed by atoms with Crippen LogP contribution in [0.5, 0.6) is 0 Å². The zero-order valence-electron chi connectivity index (χ0n) is 13.3. The molecule has 124 valence electrons. The number of carbonyl (C=O) groups excluding carboxylic acids is 1. The van der Waals surface area contributed by atoms with Crippen LogP contribution in [0.15, 0.2) is 30.7 Å². The highest BCUT2D eigenvalue weighted by Crippen LogP contribution is 2.26. The Balaban J connectivity index is 1.82. The smallest absolute Gasteiger partial charge is 0.253 e. The first-order chi connectivity index (χ1) is 11.4. The quantitative estimate of drug-likeness (QED) is 0.771. The van der Waals surface area contributed by atoms with Crippen LogP contribution in [0, 0.1) is 6.92 Å². The van der Waals surface area contributed by atoms with E-state index >= 15 is 0 Å². The monoisotopic (exact) mass is 362 g/mol. The standard InChI is InChI=1S/C15H15ClN6OS/c1-9-7-17-14(24-9)15(2,3)19-13(23)11-5-4-10(6-12(11)16)22-8-18-20-21-22/h4-8H,1-3H3,(H,19,23). The number of nitrogens with zero attached hydrogens (tertiary/aromatic N) is 5. The predicted molar refractivity (Wildman–Crippen MR) is 91.5 cm³/mol. The van der Waals surface area contributed by atoms with Gasteiger partial charge in [-0.25, -0.2) is 9.67 Å². The van der Waals surface area contributed by atoms with E-state index in [1.165, 1.54) is 11.0 Å². The fourth-order valence-corrected chi connectivity index (χ4v) is 3.24. The molecule has 0 spiro atoms. The SMILES string of the molecule is Cc1cnc(C(C)(C)NC(=O)c2ccc(-n3cnnn3)cc2Cl)s1. The van der Waals surface area contributed by atoms with Gasteiger partial charge in [0, 0.05) is 11.1 Å². The van der Waals surface area contributed by atoms with Gasteiger partial charge in [-0.1, -0.05) is 11.6 Å². The second kappa shape index (κ2) is 6.29. The summed E-state index contributed by atoms with van der Waals surface area (Å²) in [6, 6.07) is 5.03. The van der Waals surface area contributed by atoms with E-state index in [0.717, 1.165) is 9.88 Å². The molecule has 9 heteroatoms. The summed E-state index contributed by atoms with van der Waals surface area (Å²) < 4.78 is 1.47. The predicted octanol–water partition coefficient (Wildman–Crippen LogP) is 2.75. The molecule has 0 aliphatic carbocycles. The van der Waals surface area contributed by atoms with E-state index in [1.807, 2.05) is 20.8 Å². The molecule has 2 aromatic heterocycles. The van der Waals surface area contributed by atoms with Crippen LogP contribution in [0.3, 0.4) is 0 Å². The highest BCUT2D eigenvalue weighted by Gasteiger charge is 2.27. The molecule has 7 nitrogen and oxygen atoms in total. The number of tetrazole rings is 1. The molecular weight excluding hydrogens is 348 g/mol. The first-order valence-corrected chi connectivity index (χ1v) is 8.34. The summed E-state index contributed by atoms with van der Waals surface area (Å²) in [5.74, 6) is -0.263. The molecule has 1 amide bonds. The highest BCUT2D eigenvalue weighted by molar-refractivity contribution is 7.11. The number of thiazole rings is 1. The van der Waals surface area contributed by atoms with Crippen molar-refractivity contribution in [2.75, 3.05) is 0 Å². The number of amides is 1. The van der Waals surface area contributed by atoms with Crippen LogP contribution in [-0.2, 0) is 5.54 Å². The van der Waals surface area contributed by atoms with Crippen LogP contribution in [-0.4, -0.2) is 31.1 Å². The molecule has 24 heavy (non-hydrogen) atoms. The zero-order valence-corrected chi connectivity index (χ0v) is 14.9. The summed E-state index contributed by atoms with van der Waals surface area (Å²) in [5.41, 5.74) is 0.472. The highest BCUT2D eigenvalue weighted by atomic mass is 35.5. The van der Waals surface area contributed by atoms with Crippen molar-refractivity contribution < 1.29 is 4.79 Å². The molecular formula is C15H15ClN6OS. The van der Waals surface area contributed by atoms with Crippen LogP contribution < -0.4 is 5.32 Å². The van der Waals surface area contributed by atoms with E-state index < -0.39 is 5.54 Å². The van der Waals surface area contributed by atoms with Crippen molar-refractivity contribution in [1.82, 2.24) is 30.5 Å². The molecule has 3 aromatic rings. The number of aromatic nitrogens is 5. The minimum absolute atomic E-state index is 0.263. The van der Waals surface area contributed by atoms with Crippen molar-refractivity contribution in [3.8, 4) is 5.69 Å². The fourth-order valence-electron chi connectivity index (χ4n) is 2.16. The second-order valence-corrected chi connectivity index (χ2v) is 7.42. The third kappa shape index (κ3) is 3.29. The van der Waals surface area contributed by atoms with Crippen molar-refractivity contribution in [3.63, 3.8) is 0 Å². The maximum atomic E-state index is 12.6. The molecule has 2 heterocycles. The van der Waals surface area contributed by atoms with E-state index in [0.29, 0.717) is 16.3 Å². The van der Waals surface area contributed by atoms with E-state index in [-0.39, 0.29) is 5.91 Å². The van der Waals surface area contributed by atoms with Crippen molar-refractivity contribution in [2.24, 2.45) is 0 Å². The van der Waals surface area contributed by atoms with Crippen LogP contribution in [0.4, 0.5) is 0 Å². The Morgan fingerprint density at radius 3 is 2.75 bits per heavy atom. The zero-order chi connectivity index (χ0) is 17.3. The Bertz CT molecular complexity index is 874.